The van der Waals surface area contributed by atoms with Crippen LogP contribution in [0.5, 0.6) is 0 Å². The number of hydrogen-bond acceptors (Lipinski definition) is 6. The van der Waals surface area contributed by atoms with Crippen LogP contribution in [-0.2, 0) is 4.79 Å². The summed E-state index contributed by atoms with van der Waals surface area (Å²) in [6.45, 7) is 7.21. The molecule has 25 heavy (non-hydrogen) atoms. The average Bonchev–Trinajstić information content (AvgIpc) is 3.03. The van der Waals surface area contributed by atoms with E-state index >= 15 is 0 Å². The lowest BCUT2D eigenvalue weighted by molar-refractivity contribution is -0.121. The molecule has 2 unspecified atom stereocenters. The van der Waals surface area contributed by atoms with Crippen molar-refractivity contribution < 1.29 is 9.21 Å². The topological polar surface area (TPSA) is 91.8 Å². The number of carbonyl (C=O) groups is 1. The first-order chi connectivity index (χ1) is 11.7. The molecule has 0 aliphatic carbocycles. The smallest absolute Gasteiger partial charge is 0.277 e. The van der Waals surface area contributed by atoms with Gasteiger partial charge in [0.25, 0.3) is 5.22 Å². The molecule has 0 saturated heterocycles. The molecule has 0 aliphatic rings. The van der Waals surface area contributed by atoms with Crippen LogP contribution in [0.2, 0.25) is 5.02 Å². The number of carbonyl (C=O) groups excluding carboxylic acids is 1. The zero-order chi connectivity index (χ0) is 18.6. The number of rotatable bonds is 6. The van der Waals surface area contributed by atoms with Crippen LogP contribution < -0.4 is 5.32 Å². The van der Waals surface area contributed by atoms with Crippen LogP contribution in [0.25, 0.3) is 11.5 Å². The Labute approximate surface area is 156 Å². The van der Waals surface area contributed by atoms with Crippen molar-refractivity contribution in [2.45, 2.75) is 43.7 Å². The molecule has 0 radical (unpaired) electrons. The number of nitrogens with one attached hydrogen (secondary N) is 1. The maximum atomic E-state index is 12.4. The fourth-order valence-electron chi connectivity index (χ4n) is 1.83. The molecule has 1 N–H and O–H groups in total. The average molecular weight is 379 g/mol. The van der Waals surface area contributed by atoms with Crippen molar-refractivity contribution in [3.63, 3.8) is 0 Å². The van der Waals surface area contributed by atoms with Crippen molar-refractivity contribution in [2.75, 3.05) is 0 Å². The molecule has 1 heterocycles. The third kappa shape index (κ3) is 4.74. The van der Waals surface area contributed by atoms with Crippen LogP contribution in [0.1, 0.15) is 27.7 Å². The van der Waals surface area contributed by atoms with Gasteiger partial charge in [0.15, 0.2) is 0 Å². The molecule has 132 valence electrons. The minimum Gasteiger partial charge on any atom is -0.411 e. The van der Waals surface area contributed by atoms with Gasteiger partial charge in [-0.15, -0.1) is 10.2 Å². The van der Waals surface area contributed by atoms with Gasteiger partial charge in [0, 0.05) is 10.6 Å². The van der Waals surface area contributed by atoms with Gasteiger partial charge in [0.2, 0.25) is 11.8 Å². The first-order valence-electron chi connectivity index (χ1n) is 7.74. The molecule has 0 spiro atoms. The number of nitrogens with zero attached hydrogens (tertiary/aromatic N) is 3. The van der Waals surface area contributed by atoms with Crippen LogP contribution in [-0.4, -0.2) is 26.9 Å². The number of aromatic nitrogens is 2. The number of nitriles is 1. The molecule has 0 saturated carbocycles. The Morgan fingerprint density at radius 1 is 1.32 bits per heavy atom. The summed E-state index contributed by atoms with van der Waals surface area (Å²) in [7, 11) is 0. The second kappa shape index (κ2) is 7.89. The number of halogens is 1. The number of benzene rings is 1. The summed E-state index contributed by atoms with van der Waals surface area (Å²) in [5.41, 5.74) is -0.174. The van der Waals surface area contributed by atoms with Crippen molar-refractivity contribution in [3.05, 3.63) is 29.3 Å². The minimum absolute atomic E-state index is 0.0152. The van der Waals surface area contributed by atoms with Crippen LogP contribution in [0.3, 0.4) is 0 Å². The van der Waals surface area contributed by atoms with Crippen molar-refractivity contribution in [1.29, 1.82) is 5.26 Å². The lowest BCUT2D eigenvalue weighted by atomic mass is 9.90. The lowest BCUT2D eigenvalue weighted by Gasteiger charge is -2.28. The predicted octanol–water partition coefficient (Wildman–Crippen LogP) is 3.93. The molecule has 8 heteroatoms. The molecular formula is C17H19ClN4O2S. The molecule has 1 aromatic heterocycles. The number of hydrogen-bond donors (Lipinski definition) is 1. The molecule has 2 atom stereocenters. The Morgan fingerprint density at radius 2 is 1.96 bits per heavy atom. The van der Waals surface area contributed by atoms with E-state index in [9.17, 15) is 10.1 Å². The van der Waals surface area contributed by atoms with E-state index in [1.54, 1.807) is 38.1 Å². The number of amides is 1. The van der Waals surface area contributed by atoms with E-state index in [1.807, 2.05) is 13.8 Å². The molecule has 2 rings (SSSR count). The van der Waals surface area contributed by atoms with Crippen molar-refractivity contribution >= 4 is 29.3 Å². The van der Waals surface area contributed by atoms with Gasteiger partial charge in [0.1, 0.15) is 5.54 Å². The third-order valence-electron chi connectivity index (χ3n) is 3.91. The highest BCUT2D eigenvalue weighted by Gasteiger charge is 2.32. The minimum atomic E-state index is -0.921. The van der Waals surface area contributed by atoms with Gasteiger partial charge >= 0.3 is 0 Å². The standard InChI is InChI=1S/C17H19ClN4O2S/c1-10(2)17(4,9-19)20-14(23)11(3)25-16-22-21-15(24-16)12-5-7-13(18)8-6-12/h5-8,10-11H,1-4H3,(H,20,23). The Kier molecular flexibility index (Phi) is 6.09. The van der Waals surface area contributed by atoms with Gasteiger partial charge < -0.3 is 9.73 Å². The van der Waals surface area contributed by atoms with E-state index in [1.165, 1.54) is 0 Å². The summed E-state index contributed by atoms with van der Waals surface area (Å²) in [4.78, 5) is 12.4. The van der Waals surface area contributed by atoms with Gasteiger partial charge in [-0.1, -0.05) is 37.2 Å². The highest BCUT2D eigenvalue weighted by atomic mass is 35.5. The normalized spacial score (nSPS) is 14.6. The van der Waals surface area contributed by atoms with Gasteiger partial charge in [-0.25, -0.2) is 0 Å². The van der Waals surface area contributed by atoms with Crippen LogP contribution in [0.15, 0.2) is 33.9 Å². The van der Waals surface area contributed by atoms with Gasteiger partial charge in [-0.05, 0) is 44.0 Å². The molecule has 0 fully saturated rings. The Morgan fingerprint density at radius 3 is 2.52 bits per heavy atom. The zero-order valence-corrected chi connectivity index (χ0v) is 16.0. The highest BCUT2D eigenvalue weighted by molar-refractivity contribution is 8.00. The molecule has 0 bridgehead atoms. The first kappa shape index (κ1) is 19.3. The predicted molar refractivity (Wildman–Crippen MR) is 97.1 cm³/mol. The van der Waals surface area contributed by atoms with E-state index in [-0.39, 0.29) is 17.0 Å². The maximum absolute atomic E-state index is 12.4. The molecule has 0 aliphatic heterocycles. The van der Waals surface area contributed by atoms with Gasteiger partial charge in [-0.3, -0.25) is 4.79 Å². The fraction of sp³-hybridized carbons (Fsp3) is 0.412. The van der Waals surface area contributed by atoms with Crippen LogP contribution in [0.4, 0.5) is 0 Å². The highest BCUT2D eigenvalue weighted by Crippen LogP contribution is 2.27. The number of thioether (sulfide) groups is 1. The molecule has 1 aromatic carbocycles. The quantitative estimate of drug-likeness (QED) is 0.766. The molecule has 2 aromatic rings. The Balaban J connectivity index is 2.04. The molecule has 1 amide bonds. The van der Waals surface area contributed by atoms with E-state index in [0.717, 1.165) is 17.3 Å². The van der Waals surface area contributed by atoms with Crippen LogP contribution in [0, 0.1) is 17.2 Å². The maximum Gasteiger partial charge on any atom is 0.277 e. The summed E-state index contributed by atoms with van der Waals surface area (Å²) in [5.74, 6) is 0.0865. The third-order valence-corrected chi connectivity index (χ3v) is 5.10. The van der Waals surface area contributed by atoms with Crippen molar-refractivity contribution in [1.82, 2.24) is 15.5 Å². The van der Waals surface area contributed by atoms with Gasteiger partial charge in [-0.2, -0.15) is 5.26 Å². The Bertz CT molecular complexity index is 785. The summed E-state index contributed by atoms with van der Waals surface area (Å²) in [5, 5.41) is 20.5. The summed E-state index contributed by atoms with van der Waals surface area (Å²) in [6, 6.07) is 9.18. The summed E-state index contributed by atoms with van der Waals surface area (Å²) < 4.78 is 5.59. The van der Waals surface area contributed by atoms with E-state index in [4.69, 9.17) is 16.0 Å². The zero-order valence-electron chi connectivity index (χ0n) is 14.4. The molecule has 6 nitrogen and oxygen atoms in total. The fourth-order valence-corrected chi connectivity index (χ4v) is 2.64. The van der Waals surface area contributed by atoms with Crippen molar-refractivity contribution in [2.24, 2.45) is 5.92 Å². The van der Waals surface area contributed by atoms with E-state index in [2.05, 4.69) is 21.6 Å². The van der Waals surface area contributed by atoms with E-state index in [0.29, 0.717) is 10.9 Å². The van der Waals surface area contributed by atoms with Crippen molar-refractivity contribution in [3.8, 4) is 17.5 Å². The monoisotopic (exact) mass is 378 g/mol. The SMILES string of the molecule is CC(Sc1nnc(-c2ccc(Cl)cc2)o1)C(=O)NC(C)(C#N)C(C)C. The van der Waals surface area contributed by atoms with E-state index < -0.39 is 10.8 Å². The van der Waals surface area contributed by atoms with Crippen LogP contribution >= 0.6 is 23.4 Å². The first-order valence-corrected chi connectivity index (χ1v) is 9.00. The van der Waals surface area contributed by atoms with Gasteiger partial charge in [0.05, 0.1) is 11.3 Å². The largest absolute Gasteiger partial charge is 0.411 e. The Hall–Kier alpha value is -2.04. The summed E-state index contributed by atoms with van der Waals surface area (Å²) >= 11 is 7.00. The second-order valence-electron chi connectivity index (χ2n) is 6.10. The second-order valence-corrected chi connectivity index (χ2v) is 7.83. The summed E-state index contributed by atoms with van der Waals surface area (Å²) in [6.07, 6.45) is 0. The molecular weight excluding hydrogens is 360 g/mol. The lowest BCUT2D eigenvalue weighted by Crippen LogP contribution is -2.51.